The molecule has 0 radical (unpaired) electrons. The molecule has 2 unspecified atom stereocenters. The summed E-state index contributed by atoms with van der Waals surface area (Å²) < 4.78 is 19.1. The minimum Gasteiger partial charge on any atom is -0.474 e. The van der Waals surface area contributed by atoms with E-state index in [1.807, 2.05) is 30.3 Å². The molecule has 1 aliphatic heterocycles. The Balaban J connectivity index is 0.00000243. The molecule has 7 heteroatoms. The summed E-state index contributed by atoms with van der Waals surface area (Å²) in [6.45, 7) is 1.52. The fourth-order valence-electron chi connectivity index (χ4n) is 2.85. The van der Waals surface area contributed by atoms with Crippen molar-refractivity contribution in [3.63, 3.8) is 0 Å². The molecule has 0 aliphatic carbocycles. The van der Waals surface area contributed by atoms with Gasteiger partial charge >= 0.3 is 0 Å². The van der Waals surface area contributed by atoms with E-state index in [0.29, 0.717) is 12.1 Å². The van der Waals surface area contributed by atoms with Gasteiger partial charge in [0.15, 0.2) is 0 Å². The normalized spacial score (nSPS) is 17.2. The van der Waals surface area contributed by atoms with Crippen LogP contribution in [0.5, 0.6) is 5.75 Å². The highest BCUT2D eigenvalue weighted by Crippen LogP contribution is 2.30. The number of ether oxygens (including phenoxy) is 1. The van der Waals surface area contributed by atoms with Gasteiger partial charge in [0.25, 0.3) is 5.91 Å². The Labute approximate surface area is 163 Å². The predicted molar refractivity (Wildman–Crippen MR) is 103 cm³/mol. The van der Waals surface area contributed by atoms with Crippen LogP contribution in [0.2, 0.25) is 5.02 Å². The number of rotatable bonds is 6. The molecule has 26 heavy (non-hydrogen) atoms. The van der Waals surface area contributed by atoms with Crippen LogP contribution in [-0.4, -0.2) is 25.0 Å². The third-order valence-electron chi connectivity index (χ3n) is 4.16. The summed E-state index contributed by atoms with van der Waals surface area (Å²) in [5.74, 6) is -0.434. The molecular weight excluding hydrogens is 378 g/mol. The van der Waals surface area contributed by atoms with E-state index >= 15 is 0 Å². The first kappa shape index (κ1) is 20.5. The summed E-state index contributed by atoms with van der Waals surface area (Å²) in [6.07, 6.45) is 1.30. The molecule has 1 amide bonds. The Hall–Kier alpha value is -1.82. The molecule has 0 spiro atoms. The van der Waals surface area contributed by atoms with Crippen LogP contribution in [0.25, 0.3) is 0 Å². The Morgan fingerprint density at radius 1 is 1.31 bits per heavy atom. The van der Waals surface area contributed by atoms with Crippen molar-refractivity contribution < 1.29 is 13.9 Å². The molecule has 2 atom stereocenters. The van der Waals surface area contributed by atoms with Crippen molar-refractivity contribution in [3.05, 3.63) is 64.9 Å². The van der Waals surface area contributed by atoms with E-state index in [0.717, 1.165) is 19.4 Å². The molecule has 3 rings (SSSR count). The summed E-state index contributed by atoms with van der Waals surface area (Å²) in [5.41, 5.74) is 0.708. The maximum Gasteiger partial charge on any atom is 0.265 e. The zero-order valence-corrected chi connectivity index (χ0v) is 15.7. The molecule has 2 aromatic rings. The Morgan fingerprint density at radius 3 is 2.73 bits per heavy atom. The average molecular weight is 399 g/mol. The molecule has 0 saturated carbocycles. The first-order valence-electron chi connectivity index (χ1n) is 8.31. The van der Waals surface area contributed by atoms with Crippen molar-refractivity contribution in [2.45, 2.75) is 25.0 Å². The minimum atomic E-state index is -0.856. The lowest BCUT2D eigenvalue weighted by Gasteiger charge is -2.21. The quantitative estimate of drug-likeness (QED) is 0.775. The van der Waals surface area contributed by atoms with E-state index in [4.69, 9.17) is 16.3 Å². The van der Waals surface area contributed by atoms with Gasteiger partial charge in [-0.25, -0.2) is 4.39 Å². The lowest BCUT2D eigenvalue weighted by Crippen LogP contribution is -2.40. The minimum absolute atomic E-state index is 0. The van der Waals surface area contributed by atoms with Crippen LogP contribution in [0.15, 0.2) is 48.5 Å². The van der Waals surface area contributed by atoms with Crippen molar-refractivity contribution in [3.8, 4) is 5.75 Å². The van der Waals surface area contributed by atoms with E-state index in [9.17, 15) is 9.18 Å². The monoisotopic (exact) mass is 398 g/mol. The topological polar surface area (TPSA) is 50.4 Å². The third kappa shape index (κ3) is 5.34. The van der Waals surface area contributed by atoms with E-state index in [-0.39, 0.29) is 35.1 Å². The zero-order chi connectivity index (χ0) is 17.6. The Morgan fingerprint density at radius 2 is 2.08 bits per heavy atom. The second-order valence-electron chi connectivity index (χ2n) is 6.02. The van der Waals surface area contributed by atoms with Crippen LogP contribution in [0.4, 0.5) is 4.39 Å². The van der Waals surface area contributed by atoms with Crippen LogP contribution in [0.3, 0.4) is 0 Å². The standard InChI is InChI=1S/C19H20ClFN2O2.ClH/c20-16-11-14(21)8-9-17(16)25-18(13-5-2-1-3-6-13)19(24)23-12-15-7-4-10-22-15;/h1-3,5-6,8-9,11,15,18,22H,4,7,10,12H2,(H,23,24);1H. The molecule has 2 N–H and O–H groups in total. The number of hydrogen-bond donors (Lipinski definition) is 2. The number of nitrogens with one attached hydrogen (secondary N) is 2. The van der Waals surface area contributed by atoms with Gasteiger partial charge in [-0.1, -0.05) is 41.9 Å². The summed E-state index contributed by atoms with van der Waals surface area (Å²) in [7, 11) is 0. The fourth-order valence-corrected chi connectivity index (χ4v) is 3.06. The lowest BCUT2D eigenvalue weighted by atomic mass is 10.1. The number of carbonyl (C=O) groups is 1. The van der Waals surface area contributed by atoms with Crippen LogP contribution in [0, 0.1) is 5.82 Å². The highest BCUT2D eigenvalue weighted by atomic mass is 35.5. The molecule has 1 heterocycles. The van der Waals surface area contributed by atoms with Crippen molar-refractivity contribution in [2.75, 3.05) is 13.1 Å². The third-order valence-corrected chi connectivity index (χ3v) is 4.46. The largest absolute Gasteiger partial charge is 0.474 e. The number of halogens is 3. The van der Waals surface area contributed by atoms with Gasteiger partial charge in [0, 0.05) is 18.2 Å². The van der Waals surface area contributed by atoms with E-state index in [2.05, 4.69) is 10.6 Å². The zero-order valence-electron chi connectivity index (χ0n) is 14.1. The van der Waals surface area contributed by atoms with Gasteiger partial charge in [0.2, 0.25) is 6.10 Å². The van der Waals surface area contributed by atoms with Crippen molar-refractivity contribution in [1.82, 2.24) is 10.6 Å². The fraction of sp³-hybridized carbons (Fsp3) is 0.316. The van der Waals surface area contributed by atoms with Gasteiger partial charge in [-0.05, 0) is 37.6 Å². The highest BCUT2D eigenvalue weighted by molar-refractivity contribution is 6.32. The Kier molecular flexibility index (Phi) is 7.69. The van der Waals surface area contributed by atoms with E-state index < -0.39 is 11.9 Å². The summed E-state index contributed by atoms with van der Waals surface area (Å²) in [4.78, 5) is 12.7. The molecule has 4 nitrogen and oxygen atoms in total. The molecule has 140 valence electrons. The van der Waals surface area contributed by atoms with Gasteiger partial charge < -0.3 is 15.4 Å². The molecule has 1 saturated heterocycles. The molecule has 2 aromatic carbocycles. The smallest absolute Gasteiger partial charge is 0.265 e. The molecule has 1 fully saturated rings. The molecular formula is C19H21Cl2FN2O2. The van der Waals surface area contributed by atoms with Crippen LogP contribution in [-0.2, 0) is 4.79 Å². The van der Waals surface area contributed by atoms with Gasteiger partial charge in [-0.2, -0.15) is 0 Å². The maximum absolute atomic E-state index is 13.2. The number of benzene rings is 2. The van der Waals surface area contributed by atoms with Crippen molar-refractivity contribution >= 4 is 29.9 Å². The van der Waals surface area contributed by atoms with Gasteiger partial charge in [-0.15, -0.1) is 12.4 Å². The average Bonchev–Trinajstić information content (AvgIpc) is 3.13. The van der Waals surface area contributed by atoms with E-state index in [1.54, 1.807) is 0 Å². The first-order chi connectivity index (χ1) is 12.1. The van der Waals surface area contributed by atoms with Crippen molar-refractivity contribution in [1.29, 1.82) is 0 Å². The van der Waals surface area contributed by atoms with Gasteiger partial charge in [-0.3, -0.25) is 4.79 Å². The second kappa shape index (κ2) is 9.76. The van der Waals surface area contributed by atoms with Crippen LogP contribution in [0.1, 0.15) is 24.5 Å². The summed E-state index contributed by atoms with van der Waals surface area (Å²) in [5, 5.41) is 6.40. The first-order valence-corrected chi connectivity index (χ1v) is 8.69. The van der Waals surface area contributed by atoms with Crippen molar-refractivity contribution in [2.24, 2.45) is 0 Å². The predicted octanol–water partition coefficient (Wildman–Crippen LogP) is 3.89. The Bertz CT molecular complexity index is 725. The van der Waals surface area contributed by atoms with Crippen LogP contribution < -0.4 is 15.4 Å². The summed E-state index contributed by atoms with van der Waals surface area (Å²) in [6, 6.07) is 13.3. The number of amides is 1. The SMILES string of the molecule is Cl.O=C(NCC1CCCN1)C(Oc1ccc(F)cc1Cl)c1ccccc1. The molecule has 1 aliphatic rings. The van der Waals surface area contributed by atoms with Gasteiger partial charge in [0.1, 0.15) is 11.6 Å². The van der Waals surface area contributed by atoms with Gasteiger partial charge in [0.05, 0.1) is 5.02 Å². The second-order valence-corrected chi connectivity index (χ2v) is 6.43. The maximum atomic E-state index is 13.2. The summed E-state index contributed by atoms with van der Waals surface area (Å²) >= 11 is 6.04. The number of carbonyl (C=O) groups excluding carboxylic acids is 1. The highest BCUT2D eigenvalue weighted by Gasteiger charge is 2.25. The van der Waals surface area contributed by atoms with Crippen LogP contribution >= 0.6 is 24.0 Å². The number of hydrogen-bond acceptors (Lipinski definition) is 3. The van der Waals surface area contributed by atoms with E-state index in [1.165, 1.54) is 18.2 Å². The lowest BCUT2D eigenvalue weighted by molar-refractivity contribution is -0.128. The molecule has 0 bridgehead atoms. The molecule has 0 aromatic heterocycles.